The summed E-state index contributed by atoms with van der Waals surface area (Å²) in [6.45, 7) is 4.96. The Morgan fingerprint density at radius 3 is 2.64 bits per heavy atom. The second kappa shape index (κ2) is 2.01. The van der Waals surface area contributed by atoms with Crippen molar-refractivity contribution in [2.45, 2.75) is 38.7 Å². The predicted molar refractivity (Wildman–Crippen MR) is 49.9 cm³/mol. The van der Waals surface area contributed by atoms with E-state index in [1.165, 1.54) is 6.42 Å². The molecule has 2 saturated carbocycles. The van der Waals surface area contributed by atoms with Crippen LogP contribution in [0.4, 0.5) is 0 Å². The minimum Gasteiger partial charge on any atom is -0.479 e. The van der Waals surface area contributed by atoms with Gasteiger partial charge in [-0.25, -0.2) is 4.79 Å². The normalized spacial score (nSPS) is 59.4. The SMILES string of the molecule is C[C@@]12CC[C@H]3C[C@@]1(C(=O)O)OC[C@@]32C. The van der Waals surface area contributed by atoms with E-state index in [9.17, 15) is 9.90 Å². The van der Waals surface area contributed by atoms with E-state index < -0.39 is 11.6 Å². The summed E-state index contributed by atoms with van der Waals surface area (Å²) >= 11 is 0. The van der Waals surface area contributed by atoms with Crippen LogP contribution in [0.3, 0.4) is 0 Å². The minimum absolute atomic E-state index is 0.116. The lowest BCUT2D eigenvalue weighted by Crippen LogP contribution is -2.49. The maximum absolute atomic E-state index is 11.4. The standard InChI is InChI=1S/C11H16O3/c1-9-6-14-11(8(12)13)5-7(9)3-4-10(9,11)2/h7H,3-6H2,1-2H3,(H,12,13)/t7-,9-,10-,11-/m0/s1. The van der Waals surface area contributed by atoms with Gasteiger partial charge in [-0.2, -0.15) is 0 Å². The van der Waals surface area contributed by atoms with E-state index in [1.54, 1.807) is 0 Å². The quantitative estimate of drug-likeness (QED) is 0.693. The third-order valence-corrected chi connectivity index (χ3v) is 5.54. The Balaban J connectivity index is 2.18. The monoisotopic (exact) mass is 196 g/mol. The Kier molecular flexibility index (Phi) is 1.25. The maximum Gasteiger partial charge on any atom is 0.336 e. The highest BCUT2D eigenvalue weighted by atomic mass is 16.5. The molecule has 0 unspecified atom stereocenters. The molecule has 0 amide bonds. The van der Waals surface area contributed by atoms with Crippen LogP contribution in [-0.2, 0) is 9.53 Å². The van der Waals surface area contributed by atoms with Crippen molar-refractivity contribution in [3.8, 4) is 0 Å². The first-order chi connectivity index (χ1) is 6.46. The lowest BCUT2D eigenvalue weighted by atomic mass is 9.66. The van der Waals surface area contributed by atoms with Crippen molar-refractivity contribution in [3.05, 3.63) is 0 Å². The molecule has 1 saturated heterocycles. The lowest BCUT2D eigenvalue weighted by Gasteiger charge is -2.37. The predicted octanol–water partition coefficient (Wildman–Crippen LogP) is 1.67. The summed E-state index contributed by atoms with van der Waals surface area (Å²) in [6.07, 6.45) is 2.93. The summed E-state index contributed by atoms with van der Waals surface area (Å²) in [6, 6.07) is 0. The molecular formula is C11H16O3. The Labute approximate surface area is 83.4 Å². The molecule has 1 aliphatic heterocycles. The van der Waals surface area contributed by atoms with Crippen LogP contribution in [0.25, 0.3) is 0 Å². The van der Waals surface area contributed by atoms with Crippen molar-refractivity contribution in [2.75, 3.05) is 6.61 Å². The van der Waals surface area contributed by atoms with E-state index in [4.69, 9.17) is 4.74 Å². The first kappa shape index (κ1) is 8.72. The van der Waals surface area contributed by atoms with E-state index >= 15 is 0 Å². The molecule has 0 aromatic carbocycles. The largest absolute Gasteiger partial charge is 0.479 e. The van der Waals surface area contributed by atoms with Crippen molar-refractivity contribution in [2.24, 2.45) is 16.7 Å². The summed E-state index contributed by atoms with van der Waals surface area (Å²) < 4.78 is 5.64. The molecule has 3 rings (SSSR count). The highest BCUT2D eigenvalue weighted by molar-refractivity contribution is 5.81. The molecule has 3 aliphatic rings. The van der Waals surface area contributed by atoms with Gasteiger partial charge in [-0.3, -0.25) is 0 Å². The first-order valence-electron chi connectivity index (χ1n) is 5.34. The van der Waals surface area contributed by atoms with Crippen LogP contribution in [0.15, 0.2) is 0 Å². The number of hydrogen-bond acceptors (Lipinski definition) is 2. The maximum atomic E-state index is 11.4. The molecule has 3 heteroatoms. The first-order valence-corrected chi connectivity index (χ1v) is 5.34. The summed E-state index contributed by atoms with van der Waals surface area (Å²) in [4.78, 5) is 11.4. The number of carboxylic acid groups (broad SMARTS) is 1. The van der Waals surface area contributed by atoms with Crippen molar-refractivity contribution in [3.63, 3.8) is 0 Å². The van der Waals surface area contributed by atoms with E-state index in [1.807, 2.05) is 0 Å². The van der Waals surface area contributed by atoms with Crippen LogP contribution in [0.1, 0.15) is 33.1 Å². The summed E-state index contributed by atoms with van der Waals surface area (Å²) in [5.74, 6) is -0.178. The number of aliphatic carboxylic acids is 1. The third kappa shape index (κ3) is 0.553. The Morgan fingerprint density at radius 2 is 2.21 bits per heavy atom. The van der Waals surface area contributed by atoms with Gasteiger partial charge in [0.25, 0.3) is 0 Å². The highest BCUT2D eigenvalue weighted by Crippen LogP contribution is 2.74. The van der Waals surface area contributed by atoms with Gasteiger partial charge in [-0.1, -0.05) is 13.8 Å². The van der Waals surface area contributed by atoms with Crippen molar-refractivity contribution in [1.29, 1.82) is 0 Å². The van der Waals surface area contributed by atoms with Crippen LogP contribution in [0.2, 0.25) is 0 Å². The number of hydrogen-bond donors (Lipinski definition) is 1. The van der Waals surface area contributed by atoms with Gasteiger partial charge in [0.2, 0.25) is 0 Å². The summed E-state index contributed by atoms with van der Waals surface area (Å²) in [5.41, 5.74) is -0.868. The van der Waals surface area contributed by atoms with E-state index in [-0.39, 0.29) is 10.8 Å². The minimum atomic E-state index is -0.856. The molecule has 1 N–H and O–H groups in total. The molecule has 4 bridgehead atoms. The number of carboxylic acids is 1. The lowest BCUT2D eigenvalue weighted by molar-refractivity contribution is -0.174. The average molecular weight is 196 g/mol. The highest BCUT2D eigenvalue weighted by Gasteiger charge is 2.78. The zero-order valence-corrected chi connectivity index (χ0v) is 8.67. The Bertz CT molecular complexity index is 326. The van der Waals surface area contributed by atoms with Gasteiger partial charge in [0.15, 0.2) is 5.60 Å². The van der Waals surface area contributed by atoms with Gasteiger partial charge >= 0.3 is 5.97 Å². The molecule has 4 atom stereocenters. The van der Waals surface area contributed by atoms with Crippen molar-refractivity contribution in [1.82, 2.24) is 0 Å². The van der Waals surface area contributed by atoms with Crippen LogP contribution >= 0.6 is 0 Å². The van der Waals surface area contributed by atoms with Crippen LogP contribution in [0.5, 0.6) is 0 Å². The summed E-state index contributed by atoms with van der Waals surface area (Å²) in [7, 11) is 0. The molecule has 14 heavy (non-hydrogen) atoms. The van der Waals surface area contributed by atoms with E-state index in [2.05, 4.69) is 13.8 Å². The number of rotatable bonds is 1. The van der Waals surface area contributed by atoms with Crippen molar-refractivity contribution >= 4 is 5.97 Å². The smallest absolute Gasteiger partial charge is 0.336 e. The van der Waals surface area contributed by atoms with Gasteiger partial charge in [-0.05, 0) is 25.2 Å². The van der Waals surface area contributed by atoms with Crippen LogP contribution in [-0.4, -0.2) is 23.3 Å². The van der Waals surface area contributed by atoms with Gasteiger partial charge < -0.3 is 9.84 Å². The second-order valence-corrected chi connectivity index (χ2v) is 5.61. The Morgan fingerprint density at radius 1 is 1.50 bits per heavy atom. The van der Waals surface area contributed by atoms with Crippen LogP contribution in [0, 0.1) is 16.7 Å². The topological polar surface area (TPSA) is 46.5 Å². The fourth-order valence-corrected chi connectivity index (χ4v) is 4.23. The molecule has 0 aromatic heterocycles. The van der Waals surface area contributed by atoms with E-state index in [0.29, 0.717) is 12.5 Å². The molecular weight excluding hydrogens is 180 g/mol. The number of ether oxygens (including phenoxy) is 1. The Hall–Kier alpha value is -0.570. The molecule has 3 nitrogen and oxygen atoms in total. The molecule has 3 fully saturated rings. The zero-order valence-electron chi connectivity index (χ0n) is 8.67. The fourth-order valence-electron chi connectivity index (χ4n) is 4.23. The van der Waals surface area contributed by atoms with E-state index in [0.717, 1.165) is 12.8 Å². The molecule has 0 spiro atoms. The van der Waals surface area contributed by atoms with Gasteiger partial charge in [-0.15, -0.1) is 0 Å². The average Bonchev–Trinajstić information content (AvgIpc) is 2.58. The summed E-state index contributed by atoms with van der Waals surface area (Å²) in [5, 5.41) is 9.37. The van der Waals surface area contributed by atoms with Crippen molar-refractivity contribution < 1.29 is 14.6 Å². The van der Waals surface area contributed by atoms with Gasteiger partial charge in [0.05, 0.1) is 6.61 Å². The second-order valence-electron chi connectivity index (χ2n) is 5.61. The van der Waals surface area contributed by atoms with Gasteiger partial charge in [0.1, 0.15) is 0 Å². The molecule has 78 valence electrons. The third-order valence-electron chi connectivity index (χ3n) is 5.54. The zero-order chi connectivity index (χ0) is 10.2. The molecule has 0 aromatic rings. The number of carbonyl (C=O) groups is 1. The van der Waals surface area contributed by atoms with Gasteiger partial charge in [0, 0.05) is 10.8 Å². The molecule has 2 aliphatic carbocycles. The molecule has 1 heterocycles. The van der Waals surface area contributed by atoms with Crippen LogP contribution < -0.4 is 0 Å². The molecule has 0 radical (unpaired) electrons. The fraction of sp³-hybridized carbons (Fsp3) is 0.909.